The van der Waals surface area contributed by atoms with Crippen LogP contribution in [0.2, 0.25) is 0 Å². The quantitative estimate of drug-likeness (QED) is 0.634. The summed E-state index contributed by atoms with van der Waals surface area (Å²) in [7, 11) is 1.58. The fraction of sp³-hybridized carbons (Fsp3) is 0.304. The molecule has 0 spiro atoms. The largest absolute Gasteiger partial charge is 0.496 e. The second kappa shape index (κ2) is 8.49. The van der Waals surface area contributed by atoms with Gasteiger partial charge in [0.05, 0.1) is 20.3 Å². The van der Waals surface area contributed by atoms with E-state index < -0.39 is 0 Å². The number of hydrogen-bond acceptors (Lipinski definition) is 5. The summed E-state index contributed by atoms with van der Waals surface area (Å²) in [5.74, 6) is 1.77. The number of nitrogens with one attached hydrogen (secondary N) is 1. The first-order valence-corrected chi connectivity index (χ1v) is 9.88. The minimum atomic E-state index is -0.162. The smallest absolute Gasteiger partial charge is 0.240 e. The Morgan fingerprint density at radius 2 is 1.93 bits per heavy atom. The molecule has 4 rings (SSSR count). The van der Waals surface area contributed by atoms with Crippen LogP contribution in [0.3, 0.4) is 0 Å². The lowest BCUT2D eigenvalue weighted by atomic mass is 10.1. The van der Waals surface area contributed by atoms with Gasteiger partial charge in [0.25, 0.3) is 0 Å². The van der Waals surface area contributed by atoms with Crippen LogP contribution in [0.25, 0.3) is 10.9 Å². The van der Waals surface area contributed by atoms with Crippen molar-refractivity contribution in [2.24, 2.45) is 0 Å². The maximum Gasteiger partial charge on any atom is 0.240 e. The van der Waals surface area contributed by atoms with Gasteiger partial charge >= 0.3 is 0 Å². The second-order valence-corrected chi connectivity index (χ2v) is 7.16. The number of carbonyl (C=O) groups is 2. The Labute approximate surface area is 174 Å². The molecule has 2 aromatic carbocycles. The van der Waals surface area contributed by atoms with E-state index in [1.807, 2.05) is 41.8 Å². The average molecular weight is 408 g/mol. The molecule has 1 aliphatic rings. The van der Waals surface area contributed by atoms with Crippen molar-refractivity contribution >= 4 is 23.1 Å². The van der Waals surface area contributed by atoms with Gasteiger partial charge in [-0.3, -0.25) is 9.59 Å². The highest BCUT2D eigenvalue weighted by molar-refractivity contribution is 5.99. The molecule has 0 radical (unpaired) electrons. The molecular weight excluding hydrogens is 384 g/mol. The van der Waals surface area contributed by atoms with Crippen LogP contribution in [0.15, 0.2) is 36.4 Å². The third-order valence-electron chi connectivity index (χ3n) is 5.33. The maximum absolute atomic E-state index is 12.7. The molecule has 3 aromatic rings. The monoisotopic (exact) mass is 408 g/mol. The molecule has 30 heavy (non-hydrogen) atoms. The summed E-state index contributed by atoms with van der Waals surface area (Å²) in [6.07, 6.45) is 1.66. The van der Waals surface area contributed by atoms with Gasteiger partial charge in [-0.1, -0.05) is 18.2 Å². The molecule has 0 aliphatic carbocycles. The number of nitrogens with zero attached hydrogens (tertiary/aromatic N) is 1. The van der Waals surface area contributed by atoms with Crippen LogP contribution in [0.5, 0.6) is 17.2 Å². The predicted molar refractivity (Wildman–Crippen MR) is 113 cm³/mol. The van der Waals surface area contributed by atoms with Crippen molar-refractivity contribution in [3.05, 3.63) is 53.2 Å². The lowest BCUT2D eigenvalue weighted by Crippen LogP contribution is -2.27. The number of ether oxygens (including phenoxy) is 3. The van der Waals surface area contributed by atoms with E-state index in [4.69, 9.17) is 14.2 Å². The zero-order valence-corrected chi connectivity index (χ0v) is 17.1. The molecule has 0 atom stereocenters. The summed E-state index contributed by atoms with van der Waals surface area (Å²) in [4.78, 5) is 24.2. The molecule has 156 valence electrons. The number of para-hydroxylation sites is 1. The van der Waals surface area contributed by atoms with Crippen molar-refractivity contribution in [2.75, 3.05) is 20.3 Å². The maximum atomic E-state index is 12.7. The SMILES string of the molecule is COc1cc2c(cc1CNC(=O)Cn1c(C)c(C=O)c3ccccc31)OCCCO2. The normalized spacial score (nSPS) is 13.0. The van der Waals surface area contributed by atoms with Gasteiger partial charge in [-0.25, -0.2) is 0 Å². The summed E-state index contributed by atoms with van der Waals surface area (Å²) < 4.78 is 18.8. The van der Waals surface area contributed by atoms with Crippen molar-refractivity contribution < 1.29 is 23.8 Å². The summed E-state index contributed by atoms with van der Waals surface area (Å²) >= 11 is 0. The number of fused-ring (bicyclic) bond motifs is 2. The zero-order chi connectivity index (χ0) is 21.1. The average Bonchev–Trinajstić information content (AvgIpc) is 2.90. The van der Waals surface area contributed by atoms with E-state index in [0.29, 0.717) is 36.0 Å². The Morgan fingerprint density at radius 1 is 1.20 bits per heavy atom. The van der Waals surface area contributed by atoms with Crippen LogP contribution in [0, 0.1) is 6.92 Å². The molecule has 7 heteroatoms. The summed E-state index contributed by atoms with van der Waals surface area (Å²) in [5.41, 5.74) is 3.05. The van der Waals surface area contributed by atoms with Crippen LogP contribution < -0.4 is 19.5 Å². The van der Waals surface area contributed by atoms with E-state index in [9.17, 15) is 9.59 Å². The van der Waals surface area contributed by atoms with Crippen LogP contribution in [0.4, 0.5) is 0 Å². The van der Waals surface area contributed by atoms with Crippen molar-refractivity contribution in [2.45, 2.75) is 26.4 Å². The molecule has 2 heterocycles. The van der Waals surface area contributed by atoms with Crippen LogP contribution >= 0.6 is 0 Å². The first-order chi connectivity index (χ1) is 14.6. The van der Waals surface area contributed by atoms with E-state index in [1.54, 1.807) is 13.2 Å². The van der Waals surface area contributed by atoms with E-state index in [1.165, 1.54) is 0 Å². The number of methoxy groups -OCH3 is 1. The molecule has 1 amide bonds. The number of aldehydes is 1. The number of hydrogen-bond donors (Lipinski definition) is 1. The molecule has 0 unspecified atom stereocenters. The molecule has 1 aromatic heterocycles. The van der Waals surface area contributed by atoms with Crippen LogP contribution in [-0.4, -0.2) is 37.1 Å². The van der Waals surface area contributed by atoms with Gasteiger partial charge in [-0.15, -0.1) is 0 Å². The fourth-order valence-corrected chi connectivity index (χ4v) is 3.76. The summed E-state index contributed by atoms with van der Waals surface area (Å²) in [6.45, 7) is 3.44. The van der Waals surface area contributed by atoms with E-state index in [0.717, 1.165) is 34.9 Å². The molecule has 0 saturated carbocycles. The van der Waals surface area contributed by atoms with Crippen LogP contribution in [-0.2, 0) is 17.9 Å². The lowest BCUT2D eigenvalue weighted by Gasteiger charge is -2.15. The Hall–Kier alpha value is -3.48. The topological polar surface area (TPSA) is 78.8 Å². The number of aromatic nitrogens is 1. The van der Waals surface area contributed by atoms with Gasteiger partial charge < -0.3 is 24.1 Å². The molecule has 0 saturated heterocycles. The Bertz CT molecular complexity index is 1100. The van der Waals surface area contributed by atoms with Gasteiger partial charge in [0.1, 0.15) is 12.3 Å². The van der Waals surface area contributed by atoms with Crippen molar-refractivity contribution in [1.29, 1.82) is 0 Å². The minimum Gasteiger partial charge on any atom is -0.496 e. The first-order valence-electron chi connectivity index (χ1n) is 9.88. The van der Waals surface area contributed by atoms with E-state index in [2.05, 4.69) is 5.32 Å². The first kappa shape index (κ1) is 19.8. The number of carbonyl (C=O) groups excluding carboxylic acids is 2. The number of rotatable bonds is 6. The van der Waals surface area contributed by atoms with E-state index >= 15 is 0 Å². The standard InChI is InChI=1S/C23H24N2O5/c1-15-18(14-26)17-6-3-4-7-19(17)25(15)13-23(27)24-12-16-10-21-22(11-20(16)28-2)30-9-5-8-29-21/h3-4,6-7,10-11,14H,5,8-9,12-13H2,1-2H3,(H,24,27). The third-order valence-corrected chi connectivity index (χ3v) is 5.33. The highest BCUT2D eigenvalue weighted by atomic mass is 16.5. The fourth-order valence-electron chi connectivity index (χ4n) is 3.76. The summed E-state index contributed by atoms with van der Waals surface area (Å²) in [6, 6.07) is 11.2. The Kier molecular flexibility index (Phi) is 5.61. The molecule has 1 N–H and O–H groups in total. The van der Waals surface area contributed by atoms with Crippen molar-refractivity contribution in [3.8, 4) is 17.2 Å². The van der Waals surface area contributed by atoms with Crippen molar-refractivity contribution in [3.63, 3.8) is 0 Å². The van der Waals surface area contributed by atoms with Crippen molar-refractivity contribution in [1.82, 2.24) is 9.88 Å². The highest BCUT2D eigenvalue weighted by Crippen LogP contribution is 2.36. The zero-order valence-electron chi connectivity index (χ0n) is 17.1. The minimum absolute atomic E-state index is 0.118. The number of benzene rings is 2. The van der Waals surface area contributed by atoms with Crippen LogP contribution in [0.1, 0.15) is 28.0 Å². The lowest BCUT2D eigenvalue weighted by molar-refractivity contribution is -0.121. The summed E-state index contributed by atoms with van der Waals surface area (Å²) in [5, 5.41) is 3.79. The molecule has 1 aliphatic heterocycles. The Balaban J connectivity index is 1.52. The predicted octanol–water partition coefficient (Wildman–Crippen LogP) is 3.25. The van der Waals surface area contributed by atoms with Gasteiger partial charge in [-0.2, -0.15) is 0 Å². The third kappa shape index (κ3) is 3.70. The molecule has 7 nitrogen and oxygen atoms in total. The van der Waals surface area contributed by atoms with Gasteiger partial charge in [0.2, 0.25) is 5.91 Å². The molecular formula is C23H24N2O5. The van der Waals surface area contributed by atoms with Gasteiger partial charge in [0, 0.05) is 46.8 Å². The molecule has 0 bridgehead atoms. The molecule has 0 fully saturated rings. The number of amides is 1. The highest BCUT2D eigenvalue weighted by Gasteiger charge is 2.18. The second-order valence-electron chi connectivity index (χ2n) is 7.16. The Morgan fingerprint density at radius 3 is 2.67 bits per heavy atom. The van der Waals surface area contributed by atoms with Gasteiger partial charge in [0.15, 0.2) is 17.8 Å². The van der Waals surface area contributed by atoms with Gasteiger partial charge in [-0.05, 0) is 19.1 Å². The van der Waals surface area contributed by atoms with E-state index in [-0.39, 0.29) is 19.0 Å².